The number of hydrogen-bond donors (Lipinski definition) is 0. The Morgan fingerprint density at radius 3 is 2.24 bits per heavy atom. The number of unbranched alkanes of at least 4 members (excludes halogenated alkanes) is 1. The first-order valence-corrected chi connectivity index (χ1v) is 12.3. The summed E-state index contributed by atoms with van der Waals surface area (Å²) in [6.07, 6.45) is 2.00. The van der Waals surface area contributed by atoms with Crippen molar-refractivity contribution < 1.29 is 28.3 Å². The van der Waals surface area contributed by atoms with Crippen molar-refractivity contribution in [3.63, 3.8) is 0 Å². The maximum absolute atomic E-state index is 13.0. The molecule has 9 nitrogen and oxygen atoms in total. The minimum absolute atomic E-state index is 0.0826. The van der Waals surface area contributed by atoms with Crippen LogP contribution in [0, 0.1) is 5.92 Å². The molecule has 0 radical (unpaired) electrons. The van der Waals surface area contributed by atoms with Gasteiger partial charge in [0.05, 0.1) is 25.3 Å². The number of methoxy groups -OCH3 is 2. The number of benzene rings is 2. The van der Waals surface area contributed by atoms with E-state index in [1.807, 2.05) is 45.0 Å². The first kappa shape index (κ1) is 27.6. The monoisotopic (exact) mass is 507 g/mol. The number of ether oxygens (including phenoxy) is 2. The number of nitrogens with zero attached hydrogens (tertiary/aromatic N) is 3. The molecule has 1 heterocycles. The molecule has 0 aliphatic carbocycles. The third kappa shape index (κ3) is 6.61. The molecule has 0 N–H and O–H groups in total. The molecule has 0 bridgehead atoms. The number of amides is 1. The van der Waals surface area contributed by atoms with Gasteiger partial charge >= 0.3 is 11.9 Å². The lowest BCUT2D eigenvalue weighted by atomic mass is 10.0. The Balaban J connectivity index is 1.84. The standard InChI is InChI=1S/C28H33N3O6/c1-6-7-12-23(32)31(24(18(2)3)28(34)36-5)17-19-13-15-20(16-14-19)25-29-30-26(37-25)21-10-8-9-11-22(21)27(33)35-4/h8-11,13-16,18,24H,6-7,12,17H2,1-5H3/t24-/m0/s1. The number of carbonyl (C=O) groups excluding carboxylic acids is 3. The van der Waals surface area contributed by atoms with Gasteiger partial charge in [-0.1, -0.05) is 51.5 Å². The predicted molar refractivity (Wildman–Crippen MR) is 137 cm³/mol. The van der Waals surface area contributed by atoms with Gasteiger partial charge in [0.1, 0.15) is 6.04 Å². The van der Waals surface area contributed by atoms with Crippen LogP contribution < -0.4 is 0 Å². The first-order valence-electron chi connectivity index (χ1n) is 12.3. The summed E-state index contributed by atoms with van der Waals surface area (Å²) in [5.74, 6) is -0.633. The van der Waals surface area contributed by atoms with E-state index in [2.05, 4.69) is 10.2 Å². The summed E-state index contributed by atoms with van der Waals surface area (Å²) in [5, 5.41) is 8.24. The minimum atomic E-state index is -0.678. The average Bonchev–Trinajstić information content (AvgIpc) is 3.41. The van der Waals surface area contributed by atoms with Gasteiger partial charge in [-0.2, -0.15) is 0 Å². The van der Waals surface area contributed by atoms with Crippen molar-refractivity contribution >= 4 is 17.8 Å². The van der Waals surface area contributed by atoms with Crippen LogP contribution in [0.3, 0.4) is 0 Å². The van der Waals surface area contributed by atoms with Crippen molar-refractivity contribution in [1.29, 1.82) is 0 Å². The van der Waals surface area contributed by atoms with Crippen LogP contribution >= 0.6 is 0 Å². The van der Waals surface area contributed by atoms with Crippen molar-refractivity contribution in [2.45, 2.75) is 52.6 Å². The lowest BCUT2D eigenvalue weighted by Gasteiger charge is -2.32. The molecule has 0 unspecified atom stereocenters. The maximum Gasteiger partial charge on any atom is 0.338 e. The van der Waals surface area contributed by atoms with Crippen LogP contribution in [0.25, 0.3) is 22.9 Å². The largest absolute Gasteiger partial charge is 0.467 e. The molecule has 1 atom stereocenters. The van der Waals surface area contributed by atoms with Gasteiger partial charge in [0.15, 0.2) is 0 Å². The van der Waals surface area contributed by atoms with Gasteiger partial charge in [0.25, 0.3) is 0 Å². The van der Waals surface area contributed by atoms with E-state index in [9.17, 15) is 14.4 Å². The SMILES string of the molecule is CCCCC(=O)N(Cc1ccc(-c2nnc(-c3ccccc3C(=O)OC)o2)cc1)[C@H](C(=O)OC)C(C)C. The van der Waals surface area contributed by atoms with E-state index >= 15 is 0 Å². The van der Waals surface area contributed by atoms with Gasteiger partial charge in [-0.3, -0.25) is 4.79 Å². The zero-order valence-electron chi connectivity index (χ0n) is 21.9. The van der Waals surface area contributed by atoms with Crippen LogP contribution in [0.4, 0.5) is 0 Å². The van der Waals surface area contributed by atoms with Gasteiger partial charge in [-0.05, 0) is 42.2 Å². The van der Waals surface area contributed by atoms with Crippen LogP contribution in [0.15, 0.2) is 52.9 Å². The Morgan fingerprint density at radius 1 is 0.946 bits per heavy atom. The summed E-state index contributed by atoms with van der Waals surface area (Å²) >= 11 is 0. The van der Waals surface area contributed by atoms with Crippen molar-refractivity contribution in [3.8, 4) is 22.9 Å². The molecular formula is C28H33N3O6. The fraction of sp³-hybridized carbons (Fsp3) is 0.393. The van der Waals surface area contributed by atoms with Gasteiger partial charge < -0.3 is 18.8 Å². The number of aromatic nitrogens is 2. The highest BCUT2D eigenvalue weighted by Crippen LogP contribution is 2.27. The van der Waals surface area contributed by atoms with Gasteiger partial charge in [-0.15, -0.1) is 10.2 Å². The quantitative estimate of drug-likeness (QED) is 0.337. The minimum Gasteiger partial charge on any atom is -0.467 e. The molecule has 3 aromatic rings. The normalized spacial score (nSPS) is 11.7. The van der Waals surface area contributed by atoms with Crippen LogP contribution in [0.1, 0.15) is 56.0 Å². The fourth-order valence-electron chi connectivity index (χ4n) is 4.05. The second-order valence-corrected chi connectivity index (χ2v) is 8.98. The van der Waals surface area contributed by atoms with E-state index in [0.29, 0.717) is 23.1 Å². The van der Waals surface area contributed by atoms with E-state index in [4.69, 9.17) is 13.9 Å². The highest BCUT2D eigenvalue weighted by Gasteiger charge is 2.33. The summed E-state index contributed by atoms with van der Waals surface area (Å²) in [4.78, 5) is 39.3. The van der Waals surface area contributed by atoms with E-state index in [0.717, 1.165) is 18.4 Å². The van der Waals surface area contributed by atoms with Gasteiger partial charge in [0.2, 0.25) is 17.7 Å². The molecule has 0 saturated heterocycles. The highest BCUT2D eigenvalue weighted by atomic mass is 16.5. The van der Waals surface area contributed by atoms with Crippen LogP contribution in [0.2, 0.25) is 0 Å². The Morgan fingerprint density at radius 2 is 1.62 bits per heavy atom. The molecule has 37 heavy (non-hydrogen) atoms. The summed E-state index contributed by atoms with van der Waals surface area (Å²) in [6, 6.07) is 13.5. The summed E-state index contributed by atoms with van der Waals surface area (Å²) < 4.78 is 15.7. The molecule has 1 amide bonds. The van der Waals surface area contributed by atoms with Crippen molar-refractivity contribution in [3.05, 3.63) is 59.7 Å². The van der Waals surface area contributed by atoms with Crippen molar-refractivity contribution in [2.75, 3.05) is 14.2 Å². The topological polar surface area (TPSA) is 112 Å². The molecule has 0 fully saturated rings. The summed E-state index contributed by atoms with van der Waals surface area (Å²) in [6.45, 7) is 6.09. The summed E-state index contributed by atoms with van der Waals surface area (Å²) in [5.41, 5.74) is 2.33. The Labute approximate surface area is 216 Å². The highest BCUT2D eigenvalue weighted by molar-refractivity contribution is 5.96. The Kier molecular flexibility index (Phi) is 9.54. The molecule has 0 saturated carbocycles. The predicted octanol–water partition coefficient (Wildman–Crippen LogP) is 4.91. The maximum atomic E-state index is 13.0. The number of rotatable bonds is 11. The second-order valence-electron chi connectivity index (χ2n) is 8.98. The third-order valence-electron chi connectivity index (χ3n) is 6.02. The molecular weight excluding hydrogens is 474 g/mol. The Bertz CT molecular complexity index is 1220. The third-order valence-corrected chi connectivity index (χ3v) is 6.02. The molecule has 9 heteroatoms. The van der Waals surface area contributed by atoms with E-state index in [-0.39, 0.29) is 30.2 Å². The lowest BCUT2D eigenvalue weighted by Crippen LogP contribution is -2.48. The van der Waals surface area contributed by atoms with Gasteiger partial charge in [-0.25, -0.2) is 9.59 Å². The van der Waals surface area contributed by atoms with Crippen molar-refractivity contribution in [1.82, 2.24) is 15.1 Å². The first-order chi connectivity index (χ1) is 17.8. The van der Waals surface area contributed by atoms with E-state index in [1.165, 1.54) is 14.2 Å². The average molecular weight is 508 g/mol. The smallest absolute Gasteiger partial charge is 0.338 e. The number of esters is 2. The molecule has 1 aromatic heterocycles. The zero-order valence-corrected chi connectivity index (χ0v) is 21.9. The van der Waals surface area contributed by atoms with Crippen LogP contribution in [-0.2, 0) is 25.6 Å². The number of carbonyl (C=O) groups is 3. The zero-order chi connectivity index (χ0) is 26.9. The second kappa shape index (κ2) is 12.8. The van der Waals surface area contributed by atoms with Crippen LogP contribution in [0.5, 0.6) is 0 Å². The van der Waals surface area contributed by atoms with E-state index < -0.39 is 18.0 Å². The summed E-state index contributed by atoms with van der Waals surface area (Å²) in [7, 11) is 2.65. The molecule has 0 aliphatic rings. The molecule has 3 rings (SSSR count). The lowest BCUT2D eigenvalue weighted by molar-refractivity contribution is -0.155. The van der Waals surface area contributed by atoms with E-state index in [1.54, 1.807) is 29.2 Å². The Hall–Kier alpha value is -4.01. The van der Waals surface area contributed by atoms with Crippen LogP contribution in [-0.4, -0.2) is 53.2 Å². The molecule has 0 spiro atoms. The molecule has 196 valence electrons. The van der Waals surface area contributed by atoms with Crippen molar-refractivity contribution in [2.24, 2.45) is 5.92 Å². The number of hydrogen-bond acceptors (Lipinski definition) is 8. The fourth-order valence-corrected chi connectivity index (χ4v) is 4.05. The van der Waals surface area contributed by atoms with Gasteiger partial charge in [0, 0.05) is 18.5 Å². The molecule has 0 aliphatic heterocycles. The molecule has 2 aromatic carbocycles.